The zero-order chi connectivity index (χ0) is 18.4. The van der Waals surface area contributed by atoms with Crippen molar-refractivity contribution in [1.82, 2.24) is 4.90 Å². The first-order chi connectivity index (χ1) is 12.7. The molecule has 1 atom stereocenters. The number of methoxy groups -OCH3 is 1. The van der Waals surface area contributed by atoms with Crippen molar-refractivity contribution in [2.45, 2.75) is 13.0 Å². The van der Waals surface area contributed by atoms with Crippen LogP contribution in [0.3, 0.4) is 0 Å². The third-order valence-electron chi connectivity index (χ3n) is 4.80. The van der Waals surface area contributed by atoms with Crippen LogP contribution in [0.2, 0.25) is 0 Å². The summed E-state index contributed by atoms with van der Waals surface area (Å²) in [6, 6.07) is 16.1. The van der Waals surface area contributed by atoms with Gasteiger partial charge in [0.25, 0.3) is 0 Å². The molecule has 0 radical (unpaired) electrons. The summed E-state index contributed by atoms with van der Waals surface area (Å²) < 4.78 is 11.0. The van der Waals surface area contributed by atoms with E-state index >= 15 is 0 Å². The number of aryl methyl sites for hydroxylation is 1. The number of ether oxygens (including phenoxy) is 2. The van der Waals surface area contributed by atoms with Gasteiger partial charge >= 0.3 is 0 Å². The standard InChI is InChI=1S/C21H28N2O3/c1-17-5-3-4-6-21(17)26-16-19(24)15-22-11-13-23(14-12-22)18-7-9-20(25-2)10-8-18/h3-10,19,24H,11-16H2,1-2H3. The van der Waals surface area contributed by atoms with Crippen LogP contribution in [-0.4, -0.2) is 62.6 Å². The van der Waals surface area contributed by atoms with Gasteiger partial charge in [-0.15, -0.1) is 0 Å². The molecular formula is C21H28N2O3. The molecule has 1 heterocycles. The van der Waals surface area contributed by atoms with Crippen molar-refractivity contribution < 1.29 is 14.6 Å². The van der Waals surface area contributed by atoms with Crippen molar-refractivity contribution in [3.63, 3.8) is 0 Å². The smallest absolute Gasteiger partial charge is 0.122 e. The Labute approximate surface area is 155 Å². The first kappa shape index (κ1) is 18.5. The number of benzene rings is 2. The molecule has 26 heavy (non-hydrogen) atoms. The molecule has 3 rings (SSSR count). The highest BCUT2D eigenvalue weighted by molar-refractivity contribution is 5.49. The number of rotatable bonds is 7. The van der Waals surface area contributed by atoms with Gasteiger partial charge in [0.1, 0.15) is 24.2 Å². The topological polar surface area (TPSA) is 45.2 Å². The van der Waals surface area contributed by atoms with Crippen LogP contribution in [0.15, 0.2) is 48.5 Å². The maximum absolute atomic E-state index is 10.3. The van der Waals surface area contributed by atoms with Crippen molar-refractivity contribution >= 4 is 5.69 Å². The van der Waals surface area contributed by atoms with E-state index in [2.05, 4.69) is 21.9 Å². The molecule has 0 aromatic heterocycles. The van der Waals surface area contributed by atoms with Gasteiger partial charge in [-0.2, -0.15) is 0 Å². The second kappa shape index (κ2) is 8.92. The zero-order valence-corrected chi connectivity index (χ0v) is 15.6. The Bertz CT molecular complexity index is 682. The number of hydrogen-bond donors (Lipinski definition) is 1. The Balaban J connectivity index is 1.42. The normalized spacial score (nSPS) is 16.3. The van der Waals surface area contributed by atoms with Crippen LogP contribution in [0.5, 0.6) is 11.5 Å². The highest BCUT2D eigenvalue weighted by Gasteiger charge is 2.20. The van der Waals surface area contributed by atoms with E-state index in [0.717, 1.165) is 43.2 Å². The fourth-order valence-electron chi connectivity index (χ4n) is 3.24. The van der Waals surface area contributed by atoms with E-state index in [1.54, 1.807) is 7.11 Å². The fraction of sp³-hybridized carbons (Fsp3) is 0.429. The zero-order valence-electron chi connectivity index (χ0n) is 15.6. The molecule has 1 fully saturated rings. The lowest BCUT2D eigenvalue weighted by molar-refractivity contribution is 0.0661. The molecular weight excluding hydrogens is 328 g/mol. The maximum atomic E-state index is 10.3. The summed E-state index contributed by atoms with van der Waals surface area (Å²) in [5, 5.41) is 10.3. The summed E-state index contributed by atoms with van der Waals surface area (Å²) >= 11 is 0. The SMILES string of the molecule is COc1ccc(N2CCN(CC(O)COc3ccccc3C)CC2)cc1. The third-order valence-corrected chi connectivity index (χ3v) is 4.80. The van der Waals surface area contributed by atoms with Crippen molar-refractivity contribution in [2.24, 2.45) is 0 Å². The van der Waals surface area contributed by atoms with Crippen LogP contribution >= 0.6 is 0 Å². The number of hydrogen-bond acceptors (Lipinski definition) is 5. The summed E-state index contributed by atoms with van der Waals surface area (Å²) in [6.45, 7) is 6.77. The molecule has 5 heteroatoms. The van der Waals surface area contributed by atoms with Crippen LogP contribution in [0.1, 0.15) is 5.56 Å². The number of aliphatic hydroxyl groups is 1. The van der Waals surface area contributed by atoms with Crippen LogP contribution < -0.4 is 14.4 Å². The second-order valence-electron chi connectivity index (χ2n) is 6.72. The number of aliphatic hydroxyl groups excluding tert-OH is 1. The van der Waals surface area contributed by atoms with Gasteiger partial charge in [0.15, 0.2) is 0 Å². The van der Waals surface area contributed by atoms with E-state index in [9.17, 15) is 5.11 Å². The Morgan fingerprint density at radius 3 is 2.35 bits per heavy atom. The molecule has 0 bridgehead atoms. The maximum Gasteiger partial charge on any atom is 0.122 e. The van der Waals surface area contributed by atoms with Crippen LogP contribution in [-0.2, 0) is 0 Å². The molecule has 140 valence electrons. The number of para-hydroxylation sites is 1. The third kappa shape index (κ3) is 4.90. The number of nitrogens with zero attached hydrogens (tertiary/aromatic N) is 2. The Morgan fingerprint density at radius 1 is 1.00 bits per heavy atom. The number of anilines is 1. The summed E-state index contributed by atoms with van der Waals surface area (Å²) in [4.78, 5) is 4.66. The first-order valence-electron chi connectivity index (χ1n) is 9.13. The molecule has 2 aromatic rings. The average molecular weight is 356 g/mol. The van der Waals surface area contributed by atoms with Crippen molar-refractivity contribution in [3.8, 4) is 11.5 Å². The van der Waals surface area contributed by atoms with E-state index in [1.807, 2.05) is 43.3 Å². The Hall–Kier alpha value is -2.24. The second-order valence-corrected chi connectivity index (χ2v) is 6.72. The molecule has 0 saturated carbocycles. The fourth-order valence-corrected chi connectivity index (χ4v) is 3.24. The van der Waals surface area contributed by atoms with Gasteiger partial charge in [0.2, 0.25) is 0 Å². The molecule has 1 saturated heterocycles. The van der Waals surface area contributed by atoms with Gasteiger partial charge in [0.05, 0.1) is 7.11 Å². The van der Waals surface area contributed by atoms with Crippen LogP contribution in [0.25, 0.3) is 0 Å². The van der Waals surface area contributed by atoms with Gasteiger partial charge in [-0.25, -0.2) is 0 Å². The molecule has 0 aliphatic carbocycles. The van der Waals surface area contributed by atoms with Gasteiger partial charge in [-0.1, -0.05) is 18.2 Å². The summed E-state index contributed by atoms with van der Waals surface area (Å²) in [5.74, 6) is 1.72. The predicted octanol–water partition coefficient (Wildman–Crippen LogP) is 2.57. The lowest BCUT2D eigenvalue weighted by Gasteiger charge is -2.36. The molecule has 0 amide bonds. The first-order valence-corrected chi connectivity index (χ1v) is 9.13. The number of piperazine rings is 1. The molecule has 1 unspecified atom stereocenters. The van der Waals surface area contributed by atoms with Crippen molar-refractivity contribution in [1.29, 1.82) is 0 Å². The predicted molar refractivity (Wildman–Crippen MR) is 104 cm³/mol. The van der Waals surface area contributed by atoms with Gasteiger partial charge in [-0.05, 0) is 42.8 Å². The Morgan fingerprint density at radius 2 is 1.69 bits per heavy atom. The number of β-amino-alcohol motifs (C(OH)–C–C–N with tert-alkyl or cyclic N) is 1. The van der Waals surface area contributed by atoms with Gasteiger partial charge in [-0.3, -0.25) is 4.90 Å². The van der Waals surface area contributed by atoms with E-state index in [0.29, 0.717) is 13.2 Å². The van der Waals surface area contributed by atoms with Crippen LogP contribution in [0, 0.1) is 6.92 Å². The summed E-state index contributed by atoms with van der Waals surface area (Å²) in [5.41, 5.74) is 2.31. The van der Waals surface area contributed by atoms with Crippen LogP contribution in [0.4, 0.5) is 5.69 Å². The van der Waals surface area contributed by atoms with Crippen molar-refractivity contribution in [3.05, 3.63) is 54.1 Å². The quantitative estimate of drug-likeness (QED) is 0.826. The summed E-state index contributed by atoms with van der Waals surface area (Å²) in [6.07, 6.45) is -0.484. The molecule has 5 nitrogen and oxygen atoms in total. The highest BCUT2D eigenvalue weighted by atomic mass is 16.5. The lowest BCUT2D eigenvalue weighted by atomic mass is 10.2. The molecule has 2 aromatic carbocycles. The Kier molecular flexibility index (Phi) is 6.36. The minimum Gasteiger partial charge on any atom is -0.497 e. The van der Waals surface area contributed by atoms with Gasteiger partial charge < -0.3 is 19.5 Å². The van der Waals surface area contributed by atoms with E-state index in [4.69, 9.17) is 9.47 Å². The van der Waals surface area contributed by atoms with E-state index < -0.39 is 6.10 Å². The molecule has 1 aliphatic rings. The molecule has 1 N–H and O–H groups in total. The van der Waals surface area contributed by atoms with E-state index in [1.165, 1.54) is 5.69 Å². The monoisotopic (exact) mass is 356 g/mol. The largest absolute Gasteiger partial charge is 0.497 e. The minimum atomic E-state index is -0.484. The van der Waals surface area contributed by atoms with E-state index in [-0.39, 0.29) is 0 Å². The minimum absolute atomic E-state index is 0.323. The molecule has 0 spiro atoms. The average Bonchev–Trinajstić information content (AvgIpc) is 2.68. The lowest BCUT2D eigenvalue weighted by Crippen LogP contribution is -2.49. The molecule has 1 aliphatic heterocycles. The highest BCUT2D eigenvalue weighted by Crippen LogP contribution is 2.21. The van der Waals surface area contributed by atoms with Gasteiger partial charge in [0, 0.05) is 38.4 Å². The summed E-state index contributed by atoms with van der Waals surface area (Å²) in [7, 11) is 1.68. The van der Waals surface area contributed by atoms with Crippen molar-refractivity contribution in [2.75, 3.05) is 51.3 Å².